The number of hydrogen-bond acceptors (Lipinski definition) is 4. The molecule has 3 aromatic rings. The Kier molecular flexibility index (Phi) is 6.46. The van der Waals surface area contributed by atoms with Gasteiger partial charge < -0.3 is 15.0 Å². The average Bonchev–Trinajstić information content (AvgIpc) is 3.17. The van der Waals surface area contributed by atoms with Gasteiger partial charge in [0.2, 0.25) is 5.91 Å². The number of nitrogens with zero attached hydrogens (tertiary/aromatic N) is 3. The summed E-state index contributed by atoms with van der Waals surface area (Å²) in [4.78, 5) is 26.6. The summed E-state index contributed by atoms with van der Waals surface area (Å²) in [5.41, 5.74) is 2.33. The summed E-state index contributed by atoms with van der Waals surface area (Å²) in [6.45, 7) is 1.78. The molecule has 30 heavy (non-hydrogen) atoms. The highest BCUT2D eigenvalue weighted by Crippen LogP contribution is 2.19. The van der Waals surface area contributed by atoms with Crippen LogP contribution in [0.2, 0.25) is 0 Å². The van der Waals surface area contributed by atoms with Crippen LogP contribution in [0.15, 0.2) is 54.7 Å². The molecule has 8 heteroatoms. The summed E-state index contributed by atoms with van der Waals surface area (Å²) in [7, 11) is 3.10. The number of methoxy groups -OCH3 is 1. The molecule has 0 atom stereocenters. The number of rotatable bonds is 7. The Bertz CT molecular complexity index is 1050. The number of amides is 2. The highest BCUT2D eigenvalue weighted by molar-refractivity contribution is 5.99. The van der Waals surface area contributed by atoms with Gasteiger partial charge in [-0.05, 0) is 42.8 Å². The Morgan fingerprint density at radius 2 is 1.93 bits per heavy atom. The molecule has 0 unspecified atom stereocenters. The van der Waals surface area contributed by atoms with Crippen molar-refractivity contribution in [1.29, 1.82) is 0 Å². The molecule has 3 rings (SSSR count). The van der Waals surface area contributed by atoms with Gasteiger partial charge in [0, 0.05) is 18.8 Å². The van der Waals surface area contributed by atoms with Crippen molar-refractivity contribution in [3.8, 4) is 11.4 Å². The Morgan fingerprint density at radius 1 is 1.20 bits per heavy atom. The number of halogens is 1. The molecule has 0 bridgehead atoms. The van der Waals surface area contributed by atoms with Crippen molar-refractivity contribution in [3.63, 3.8) is 0 Å². The lowest BCUT2D eigenvalue weighted by Gasteiger charge is -2.17. The van der Waals surface area contributed by atoms with Crippen LogP contribution in [0.4, 0.5) is 10.1 Å². The zero-order valence-corrected chi connectivity index (χ0v) is 17.1. The van der Waals surface area contributed by atoms with Gasteiger partial charge in [-0.2, -0.15) is 5.10 Å². The number of ether oxygens (including phenoxy) is 1. The van der Waals surface area contributed by atoms with Crippen LogP contribution in [-0.4, -0.2) is 47.2 Å². The molecule has 2 amide bonds. The van der Waals surface area contributed by atoms with Crippen molar-refractivity contribution in [2.45, 2.75) is 13.3 Å². The highest BCUT2D eigenvalue weighted by atomic mass is 19.1. The molecule has 2 aromatic carbocycles. The highest BCUT2D eigenvalue weighted by Gasteiger charge is 2.22. The summed E-state index contributed by atoms with van der Waals surface area (Å²) < 4.78 is 20.0. The van der Waals surface area contributed by atoms with Crippen LogP contribution in [0.25, 0.3) is 5.69 Å². The molecule has 0 aliphatic carbocycles. The Hall–Kier alpha value is -3.68. The van der Waals surface area contributed by atoms with Crippen LogP contribution >= 0.6 is 0 Å². The molecule has 0 fully saturated rings. The maximum atomic E-state index is 13.2. The standard InChI is InChI=1S/C22H23FN4O3/c1-4-20-19(13-24-27(20)17-10-8-15(23)9-11-17)22(29)26(2)14-21(28)25-16-6-5-7-18(12-16)30-3/h5-13H,4,14H2,1-3H3,(H,25,28). The van der Waals surface area contributed by atoms with Gasteiger partial charge in [0.1, 0.15) is 11.6 Å². The smallest absolute Gasteiger partial charge is 0.257 e. The monoisotopic (exact) mass is 410 g/mol. The van der Waals surface area contributed by atoms with Crippen molar-refractivity contribution in [1.82, 2.24) is 14.7 Å². The van der Waals surface area contributed by atoms with Gasteiger partial charge in [-0.15, -0.1) is 0 Å². The molecule has 0 spiro atoms. The number of aromatic nitrogens is 2. The minimum atomic E-state index is -0.345. The van der Waals surface area contributed by atoms with E-state index in [1.165, 1.54) is 23.2 Å². The minimum absolute atomic E-state index is 0.124. The zero-order valence-electron chi connectivity index (χ0n) is 17.1. The van der Waals surface area contributed by atoms with E-state index in [4.69, 9.17) is 4.74 Å². The van der Waals surface area contributed by atoms with Gasteiger partial charge >= 0.3 is 0 Å². The Balaban J connectivity index is 1.72. The van der Waals surface area contributed by atoms with Gasteiger partial charge in [-0.25, -0.2) is 9.07 Å². The maximum Gasteiger partial charge on any atom is 0.257 e. The third kappa shape index (κ3) is 4.65. The molecule has 1 aromatic heterocycles. The second-order valence-corrected chi connectivity index (χ2v) is 6.69. The van der Waals surface area contributed by atoms with Crippen molar-refractivity contribution >= 4 is 17.5 Å². The van der Waals surface area contributed by atoms with Crippen LogP contribution in [0.3, 0.4) is 0 Å². The number of carbonyl (C=O) groups is 2. The first kappa shape index (κ1) is 21.0. The van der Waals surface area contributed by atoms with E-state index in [1.807, 2.05) is 6.92 Å². The lowest BCUT2D eigenvalue weighted by Crippen LogP contribution is -2.35. The van der Waals surface area contributed by atoms with Crippen LogP contribution in [0.1, 0.15) is 23.0 Å². The van der Waals surface area contributed by atoms with E-state index in [-0.39, 0.29) is 24.2 Å². The van der Waals surface area contributed by atoms with Crippen LogP contribution in [0, 0.1) is 5.82 Å². The lowest BCUT2D eigenvalue weighted by atomic mass is 10.1. The molecule has 1 N–H and O–H groups in total. The van der Waals surface area contributed by atoms with Gasteiger partial charge in [0.25, 0.3) is 5.91 Å². The van der Waals surface area contributed by atoms with Crippen molar-refractivity contribution < 1.29 is 18.7 Å². The molecule has 156 valence electrons. The zero-order chi connectivity index (χ0) is 21.7. The number of benzene rings is 2. The topological polar surface area (TPSA) is 76.5 Å². The van der Waals surface area contributed by atoms with Crippen LogP contribution < -0.4 is 10.1 Å². The summed E-state index contributed by atoms with van der Waals surface area (Å²) in [5, 5.41) is 7.04. The normalized spacial score (nSPS) is 10.5. The molecule has 0 saturated carbocycles. The lowest BCUT2D eigenvalue weighted by molar-refractivity contribution is -0.116. The van der Waals surface area contributed by atoms with E-state index in [0.29, 0.717) is 34.8 Å². The van der Waals surface area contributed by atoms with Gasteiger partial charge in [-0.3, -0.25) is 9.59 Å². The molecule has 0 aliphatic heterocycles. The second-order valence-electron chi connectivity index (χ2n) is 6.69. The summed E-state index contributed by atoms with van der Waals surface area (Å²) >= 11 is 0. The predicted octanol–water partition coefficient (Wildman–Crippen LogP) is 3.29. The van der Waals surface area contributed by atoms with Crippen molar-refractivity contribution in [2.75, 3.05) is 26.0 Å². The second kappa shape index (κ2) is 9.21. The van der Waals surface area contributed by atoms with E-state index in [1.54, 1.807) is 55.2 Å². The molecular formula is C22H23FN4O3. The first-order chi connectivity index (χ1) is 14.4. The van der Waals surface area contributed by atoms with Crippen LogP contribution in [0.5, 0.6) is 5.75 Å². The predicted molar refractivity (Wildman–Crippen MR) is 111 cm³/mol. The van der Waals surface area contributed by atoms with Gasteiger partial charge in [0.05, 0.1) is 36.8 Å². The van der Waals surface area contributed by atoms with Crippen molar-refractivity contribution in [2.24, 2.45) is 0 Å². The fourth-order valence-electron chi connectivity index (χ4n) is 3.09. The number of hydrogen-bond donors (Lipinski definition) is 1. The number of likely N-dealkylation sites (N-methyl/N-ethyl adjacent to an activating group) is 1. The Morgan fingerprint density at radius 3 is 2.60 bits per heavy atom. The summed E-state index contributed by atoms with van der Waals surface area (Å²) in [5.74, 6) is -0.371. The first-order valence-electron chi connectivity index (χ1n) is 9.45. The van der Waals surface area contributed by atoms with E-state index in [2.05, 4.69) is 10.4 Å². The summed E-state index contributed by atoms with van der Waals surface area (Å²) in [6, 6.07) is 12.9. The number of anilines is 1. The Labute approximate surface area is 174 Å². The SMILES string of the molecule is CCc1c(C(=O)N(C)CC(=O)Nc2cccc(OC)c2)cnn1-c1ccc(F)cc1. The molecule has 0 saturated heterocycles. The molecular weight excluding hydrogens is 387 g/mol. The fraction of sp³-hybridized carbons (Fsp3) is 0.227. The number of nitrogens with one attached hydrogen (secondary N) is 1. The molecule has 7 nitrogen and oxygen atoms in total. The quantitative estimate of drug-likeness (QED) is 0.649. The first-order valence-corrected chi connectivity index (χ1v) is 9.45. The number of carbonyl (C=O) groups excluding carboxylic acids is 2. The maximum absolute atomic E-state index is 13.2. The van der Waals surface area contributed by atoms with Gasteiger partial charge in [-0.1, -0.05) is 13.0 Å². The van der Waals surface area contributed by atoms with E-state index < -0.39 is 0 Å². The fourth-order valence-corrected chi connectivity index (χ4v) is 3.09. The van der Waals surface area contributed by atoms with E-state index in [0.717, 1.165) is 0 Å². The minimum Gasteiger partial charge on any atom is -0.497 e. The summed E-state index contributed by atoms with van der Waals surface area (Å²) in [6.07, 6.45) is 2.02. The molecule has 0 radical (unpaired) electrons. The van der Waals surface area contributed by atoms with E-state index >= 15 is 0 Å². The largest absolute Gasteiger partial charge is 0.497 e. The van der Waals surface area contributed by atoms with Gasteiger partial charge in [0.15, 0.2) is 0 Å². The molecule has 0 aliphatic rings. The van der Waals surface area contributed by atoms with E-state index in [9.17, 15) is 14.0 Å². The van der Waals surface area contributed by atoms with Crippen molar-refractivity contribution in [3.05, 3.63) is 71.8 Å². The van der Waals surface area contributed by atoms with Crippen LogP contribution in [-0.2, 0) is 11.2 Å². The third-order valence-corrected chi connectivity index (χ3v) is 4.59. The average molecular weight is 410 g/mol. The molecule has 1 heterocycles. The third-order valence-electron chi connectivity index (χ3n) is 4.59.